The van der Waals surface area contributed by atoms with Gasteiger partial charge in [0.15, 0.2) is 11.6 Å². The molecule has 1 N–H and O–H groups in total. The first kappa shape index (κ1) is 30.8. The zero-order valence-corrected chi connectivity index (χ0v) is 27.7. The van der Waals surface area contributed by atoms with E-state index in [-0.39, 0.29) is 35.4 Å². The summed E-state index contributed by atoms with van der Waals surface area (Å²) >= 11 is 3.46. The van der Waals surface area contributed by atoms with E-state index in [1.165, 1.54) is 6.92 Å². The third-order valence-electron chi connectivity index (χ3n) is 10.0. The summed E-state index contributed by atoms with van der Waals surface area (Å²) < 4.78 is 8.44. The van der Waals surface area contributed by atoms with Crippen LogP contribution in [0.15, 0.2) is 47.3 Å². The summed E-state index contributed by atoms with van der Waals surface area (Å²) in [6, 6.07) is 9.63. The van der Waals surface area contributed by atoms with Crippen LogP contribution in [0.5, 0.6) is 0 Å². The Labute approximate surface area is 275 Å². The molecule has 1 aromatic carbocycles. The molecule has 7 rings (SSSR count). The molecule has 1 aliphatic heterocycles. The first-order chi connectivity index (χ1) is 22.2. The maximum Gasteiger partial charge on any atom is 0.229 e. The van der Waals surface area contributed by atoms with Crippen LogP contribution in [0.1, 0.15) is 67.3 Å². The number of aryl methyl sites for hydroxylation is 2. The second kappa shape index (κ2) is 12.4. The summed E-state index contributed by atoms with van der Waals surface area (Å²) in [5.74, 6) is -0.0864. The summed E-state index contributed by atoms with van der Waals surface area (Å²) in [6.07, 6.45) is 9.97. The van der Waals surface area contributed by atoms with E-state index in [0.29, 0.717) is 52.5 Å². The van der Waals surface area contributed by atoms with E-state index in [9.17, 15) is 14.4 Å². The molecule has 2 aliphatic carbocycles. The number of hydrogen-bond acceptors (Lipinski definition) is 8. The number of benzene rings is 1. The number of anilines is 1. The Kier molecular flexibility index (Phi) is 8.31. The second-order valence-electron chi connectivity index (χ2n) is 13.1. The summed E-state index contributed by atoms with van der Waals surface area (Å²) in [4.78, 5) is 54.1. The van der Waals surface area contributed by atoms with E-state index in [1.807, 2.05) is 37.3 Å². The second-order valence-corrected chi connectivity index (χ2v) is 13.9. The Hall–Kier alpha value is -3.83. The lowest BCUT2D eigenvalue weighted by molar-refractivity contribution is -0.131. The zero-order valence-electron chi connectivity index (χ0n) is 26.1. The molecule has 1 unspecified atom stereocenters. The van der Waals surface area contributed by atoms with Gasteiger partial charge in [-0.05, 0) is 95.6 Å². The number of carbonyl (C=O) groups excluding carboxylic acids is 3. The highest BCUT2D eigenvalue weighted by molar-refractivity contribution is 9.10. The molecule has 3 aliphatic rings. The van der Waals surface area contributed by atoms with Gasteiger partial charge in [0, 0.05) is 48.7 Å². The zero-order chi connectivity index (χ0) is 32.0. The van der Waals surface area contributed by atoms with Crippen molar-refractivity contribution in [1.82, 2.24) is 24.7 Å². The van der Waals surface area contributed by atoms with Gasteiger partial charge in [0.1, 0.15) is 28.5 Å². The van der Waals surface area contributed by atoms with Crippen LogP contribution in [0.4, 0.5) is 5.82 Å². The van der Waals surface area contributed by atoms with Crippen LogP contribution < -0.4 is 5.32 Å². The van der Waals surface area contributed by atoms with Gasteiger partial charge in [0.05, 0.1) is 12.1 Å². The predicted octanol–water partition coefficient (Wildman–Crippen LogP) is 6.15. The van der Waals surface area contributed by atoms with E-state index in [0.717, 1.165) is 55.2 Å². The molecule has 1 amide bonds. The van der Waals surface area contributed by atoms with Gasteiger partial charge < -0.3 is 10.1 Å². The van der Waals surface area contributed by atoms with Crippen molar-refractivity contribution in [1.29, 1.82) is 0 Å². The maximum absolute atomic E-state index is 14.3. The number of hydrogen-bond donors (Lipinski definition) is 1. The van der Waals surface area contributed by atoms with Gasteiger partial charge in [-0.15, -0.1) is 0 Å². The van der Waals surface area contributed by atoms with E-state index < -0.39 is 11.8 Å². The Morgan fingerprint density at radius 1 is 1.07 bits per heavy atom. The summed E-state index contributed by atoms with van der Waals surface area (Å²) in [5.41, 5.74) is 3.51. The van der Waals surface area contributed by atoms with Gasteiger partial charge in [-0.2, -0.15) is 5.10 Å². The average Bonchev–Trinajstić information content (AvgIpc) is 3.45. The van der Waals surface area contributed by atoms with Gasteiger partial charge in [0.25, 0.3) is 0 Å². The molecule has 4 heterocycles. The molecule has 2 fully saturated rings. The van der Waals surface area contributed by atoms with Gasteiger partial charge >= 0.3 is 0 Å². The number of ether oxygens (including phenoxy) is 1. The van der Waals surface area contributed by atoms with Crippen molar-refractivity contribution in [2.24, 2.45) is 23.2 Å². The van der Waals surface area contributed by atoms with Crippen molar-refractivity contribution in [3.8, 4) is 11.1 Å². The van der Waals surface area contributed by atoms with Crippen LogP contribution >= 0.6 is 15.9 Å². The smallest absolute Gasteiger partial charge is 0.229 e. The van der Waals surface area contributed by atoms with Crippen molar-refractivity contribution in [2.45, 2.75) is 65.3 Å². The summed E-state index contributed by atoms with van der Waals surface area (Å²) in [6.45, 7) is 4.54. The first-order valence-corrected chi connectivity index (χ1v) is 16.9. The fourth-order valence-corrected chi connectivity index (χ4v) is 7.87. The number of amides is 1. The van der Waals surface area contributed by atoms with Crippen molar-refractivity contribution in [2.75, 3.05) is 18.5 Å². The number of nitrogens with zero attached hydrogens (tertiary/aromatic N) is 5. The third kappa shape index (κ3) is 5.90. The third-order valence-corrected chi connectivity index (χ3v) is 10.5. The molecule has 4 atom stereocenters. The fourth-order valence-electron chi connectivity index (χ4n) is 7.56. The molecule has 2 bridgehead atoms. The van der Waals surface area contributed by atoms with E-state index in [1.54, 1.807) is 17.1 Å². The number of aromatic nitrogens is 5. The molecule has 2 saturated carbocycles. The Balaban J connectivity index is 1.19. The number of Topliss-reactive ketones (excluding diaryl/α,β-unsaturated/α-hetero) is 2. The lowest BCUT2D eigenvalue weighted by Crippen LogP contribution is -2.34. The van der Waals surface area contributed by atoms with E-state index in [2.05, 4.69) is 41.3 Å². The molecule has 4 aromatic rings. The van der Waals surface area contributed by atoms with Crippen LogP contribution in [0.25, 0.3) is 22.0 Å². The van der Waals surface area contributed by atoms with E-state index >= 15 is 0 Å². The number of rotatable bonds is 5. The summed E-state index contributed by atoms with van der Waals surface area (Å²) in [5, 5.41) is 8.40. The Morgan fingerprint density at radius 3 is 2.67 bits per heavy atom. The number of fused-ring (bicyclic) bond motifs is 3. The van der Waals surface area contributed by atoms with Crippen molar-refractivity contribution in [3.63, 3.8) is 0 Å². The molecule has 3 aromatic heterocycles. The lowest BCUT2D eigenvalue weighted by Gasteiger charge is -2.22. The Bertz CT molecular complexity index is 1840. The van der Waals surface area contributed by atoms with Crippen molar-refractivity contribution >= 4 is 50.1 Å². The number of ketones is 2. The van der Waals surface area contributed by atoms with Gasteiger partial charge in [-0.1, -0.05) is 25.0 Å². The highest BCUT2D eigenvalue weighted by Crippen LogP contribution is 2.68. The quantitative estimate of drug-likeness (QED) is 0.196. The predicted molar refractivity (Wildman–Crippen MR) is 176 cm³/mol. The molecule has 238 valence electrons. The number of nitrogens with one attached hydrogen (secondary N) is 1. The highest BCUT2D eigenvalue weighted by Gasteiger charge is 2.68. The standard InChI is InChI=1S/C35H37BrN6O4/c1-20(43)32-25-13-23(24-16-37-21(2)38-17-24)8-10-28(25)42(41-32)18-29(44)31-26-14-35(15-27(31)35)19-46-12-6-4-3-5-7-22-9-11-30(36)39-33(22)40-34(26)45/h8-11,13,16-17,26-27,31H,3-7,12,14-15,18-19H2,1-2H3,(H,39,40,45)/t26-,27+,31?,35+/m1/s1. The van der Waals surface area contributed by atoms with Crippen LogP contribution in [0, 0.1) is 30.1 Å². The molecule has 10 nitrogen and oxygen atoms in total. The molecule has 11 heteroatoms. The topological polar surface area (TPSA) is 129 Å². The SMILES string of the molecule is CC(=O)c1nn(CC(=O)C2[C@H]3C[C@@]4(COCCCCCCc5ccc(Br)nc5NC3=O)C[C@@H]24)c2ccc(-c3cnc(C)nc3)cc12. The van der Waals surface area contributed by atoms with Crippen LogP contribution in [-0.4, -0.2) is 55.4 Å². The number of halogens is 1. The average molecular weight is 686 g/mol. The lowest BCUT2D eigenvalue weighted by atomic mass is 9.86. The fraction of sp³-hybridized carbons (Fsp3) is 0.457. The number of pyridine rings is 1. The highest BCUT2D eigenvalue weighted by atomic mass is 79.9. The van der Waals surface area contributed by atoms with Gasteiger partial charge in [-0.25, -0.2) is 15.0 Å². The minimum atomic E-state index is -0.504. The molecule has 0 saturated heterocycles. The minimum Gasteiger partial charge on any atom is -0.381 e. The van der Waals surface area contributed by atoms with Crippen LogP contribution in [0.3, 0.4) is 0 Å². The normalized spacial score (nSPS) is 24.8. The first-order valence-electron chi connectivity index (χ1n) is 16.1. The molecule has 1 spiro atoms. The number of carbonyl (C=O) groups is 3. The Morgan fingerprint density at radius 2 is 1.87 bits per heavy atom. The molecule has 0 radical (unpaired) electrons. The monoisotopic (exact) mass is 684 g/mol. The van der Waals surface area contributed by atoms with Crippen molar-refractivity contribution in [3.05, 3.63) is 64.4 Å². The largest absolute Gasteiger partial charge is 0.381 e. The molecular weight excluding hydrogens is 648 g/mol. The summed E-state index contributed by atoms with van der Waals surface area (Å²) in [7, 11) is 0. The molecular formula is C35H37BrN6O4. The van der Waals surface area contributed by atoms with Crippen LogP contribution in [-0.2, 0) is 27.3 Å². The molecule has 46 heavy (non-hydrogen) atoms. The van der Waals surface area contributed by atoms with Gasteiger partial charge in [0.2, 0.25) is 5.91 Å². The van der Waals surface area contributed by atoms with Crippen LogP contribution in [0.2, 0.25) is 0 Å². The van der Waals surface area contributed by atoms with Crippen molar-refractivity contribution < 1.29 is 19.1 Å². The maximum atomic E-state index is 14.3. The minimum absolute atomic E-state index is 0.0287. The van der Waals surface area contributed by atoms with Gasteiger partial charge in [-0.3, -0.25) is 19.1 Å². The van der Waals surface area contributed by atoms with E-state index in [4.69, 9.17) is 4.74 Å².